The Bertz CT molecular complexity index is 910. The first kappa shape index (κ1) is 31.0. The highest BCUT2D eigenvalue weighted by Gasteiger charge is 2.48. The predicted octanol–water partition coefficient (Wildman–Crippen LogP) is 5.53. The Kier molecular flexibility index (Phi) is 11.8. The molecule has 3 amide bonds. The molecule has 8 heteroatoms. The molecule has 1 aliphatic carbocycles. The molecule has 37 heavy (non-hydrogen) atoms. The summed E-state index contributed by atoms with van der Waals surface area (Å²) in [7, 11) is 0. The van der Waals surface area contributed by atoms with Crippen molar-refractivity contribution in [2.45, 2.75) is 104 Å². The minimum absolute atomic E-state index is 0.0601. The van der Waals surface area contributed by atoms with Crippen molar-refractivity contribution in [2.24, 2.45) is 5.92 Å². The zero-order chi connectivity index (χ0) is 27.8. The van der Waals surface area contributed by atoms with E-state index in [1.165, 1.54) is 0 Å². The van der Waals surface area contributed by atoms with E-state index in [4.69, 9.17) is 4.74 Å². The minimum atomic E-state index is -0.783. The van der Waals surface area contributed by atoms with Crippen LogP contribution in [-0.4, -0.2) is 59.0 Å². The summed E-state index contributed by atoms with van der Waals surface area (Å²) in [5, 5.41) is 5.93. The number of thioether (sulfide) groups is 1. The first-order valence-corrected chi connectivity index (χ1v) is 14.9. The van der Waals surface area contributed by atoms with Gasteiger partial charge in [-0.05, 0) is 88.5 Å². The highest BCUT2D eigenvalue weighted by atomic mass is 32.2. The summed E-state index contributed by atoms with van der Waals surface area (Å²) in [6, 6.07) is 4.35. The van der Waals surface area contributed by atoms with Gasteiger partial charge in [-0.25, -0.2) is 4.79 Å². The Labute approximate surface area is 227 Å². The summed E-state index contributed by atoms with van der Waals surface area (Å²) >= 11 is 1.61. The van der Waals surface area contributed by atoms with Gasteiger partial charge in [0.25, 0.3) is 0 Å². The van der Waals surface area contributed by atoms with Crippen LogP contribution in [-0.2, 0) is 14.3 Å². The number of ether oxygens (including phenoxy) is 1. The Morgan fingerprint density at radius 2 is 1.78 bits per heavy atom. The first-order valence-electron chi connectivity index (χ1n) is 13.6. The summed E-state index contributed by atoms with van der Waals surface area (Å²) in [5.74, 6) is 0.580. The van der Waals surface area contributed by atoms with E-state index in [-0.39, 0.29) is 23.8 Å². The first-order chi connectivity index (χ1) is 17.4. The molecule has 0 spiro atoms. The van der Waals surface area contributed by atoms with Crippen molar-refractivity contribution in [3.05, 3.63) is 34.9 Å². The third-order valence-corrected chi connectivity index (χ3v) is 7.34. The monoisotopic (exact) mass is 533 g/mol. The van der Waals surface area contributed by atoms with Crippen molar-refractivity contribution in [3.8, 4) is 0 Å². The summed E-state index contributed by atoms with van der Waals surface area (Å²) in [5.41, 5.74) is 2.13. The molecule has 0 aromatic heterocycles. The van der Waals surface area contributed by atoms with Crippen LogP contribution in [0.1, 0.15) is 89.5 Å². The Morgan fingerprint density at radius 3 is 2.30 bits per heavy atom. The average molecular weight is 534 g/mol. The van der Waals surface area contributed by atoms with Gasteiger partial charge in [-0.3, -0.25) is 9.59 Å². The van der Waals surface area contributed by atoms with Crippen LogP contribution in [0.2, 0.25) is 0 Å². The summed E-state index contributed by atoms with van der Waals surface area (Å²) in [6.45, 7) is 14.2. The van der Waals surface area contributed by atoms with Gasteiger partial charge in [-0.2, -0.15) is 11.8 Å². The molecule has 1 aromatic carbocycles. The molecule has 1 saturated carbocycles. The molecule has 0 saturated heterocycles. The third-order valence-electron chi connectivity index (χ3n) is 6.70. The number of unbranched alkanes of at least 4 members (excludes halogenated alkanes) is 2. The lowest BCUT2D eigenvalue weighted by atomic mass is 9.93. The summed E-state index contributed by atoms with van der Waals surface area (Å²) < 4.78 is 5.48. The second-order valence-corrected chi connectivity index (χ2v) is 12.2. The molecule has 7 nitrogen and oxygen atoms in total. The van der Waals surface area contributed by atoms with Gasteiger partial charge in [-0.15, -0.1) is 0 Å². The van der Waals surface area contributed by atoms with Crippen LogP contribution in [0.25, 0.3) is 0 Å². The van der Waals surface area contributed by atoms with E-state index < -0.39 is 23.8 Å². The molecule has 208 valence electrons. The number of benzene rings is 1. The number of carbonyl (C=O) groups excluding carboxylic acids is 3. The molecule has 0 aliphatic heterocycles. The molecule has 0 bridgehead atoms. The third kappa shape index (κ3) is 9.24. The molecule has 1 fully saturated rings. The van der Waals surface area contributed by atoms with Crippen LogP contribution in [0, 0.1) is 19.8 Å². The predicted molar refractivity (Wildman–Crippen MR) is 152 cm³/mol. The number of rotatable bonds is 13. The van der Waals surface area contributed by atoms with E-state index in [1.54, 1.807) is 37.4 Å². The number of nitrogens with zero attached hydrogens (tertiary/aromatic N) is 1. The Morgan fingerprint density at radius 1 is 1.16 bits per heavy atom. The average Bonchev–Trinajstić information content (AvgIpc) is 3.52. The lowest BCUT2D eigenvalue weighted by Gasteiger charge is -2.36. The van der Waals surface area contributed by atoms with Gasteiger partial charge in [0.1, 0.15) is 17.7 Å². The Balaban J connectivity index is 2.48. The highest BCUT2D eigenvalue weighted by Crippen LogP contribution is 2.42. The van der Waals surface area contributed by atoms with Crippen molar-refractivity contribution in [1.29, 1.82) is 0 Å². The van der Waals surface area contributed by atoms with Crippen LogP contribution in [0.3, 0.4) is 0 Å². The normalized spacial score (nSPS) is 18.5. The molecule has 1 aromatic rings. The molecular formula is C29H47N3O4S. The van der Waals surface area contributed by atoms with E-state index in [1.807, 2.05) is 38.3 Å². The van der Waals surface area contributed by atoms with Crippen LogP contribution >= 0.6 is 11.8 Å². The van der Waals surface area contributed by atoms with Gasteiger partial charge in [0, 0.05) is 12.6 Å². The number of amides is 3. The van der Waals surface area contributed by atoms with Crippen LogP contribution in [0.4, 0.5) is 4.79 Å². The van der Waals surface area contributed by atoms with E-state index >= 15 is 0 Å². The highest BCUT2D eigenvalue weighted by molar-refractivity contribution is 7.98. The molecule has 4 atom stereocenters. The minimum Gasteiger partial charge on any atom is -0.444 e. The molecule has 0 radical (unpaired) electrons. The lowest BCUT2D eigenvalue weighted by molar-refractivity contribution is -0.143. The maximum absolute atomic E-state index is 14.3. The van der Waals surface area contributed by atoms with E-state index in [0.717, 1.165) is 42.4 Å². The second-order valence-electron chi connectivity index (χ2n) is 11.2. The van der Waals surface area contributed by atoms with Gasteiger partial charge in [-0.1, -0.05) is 44.9 Å². The topological polar surface area (TPSA) is 87.7 Å². The van der Waals surface area contributed by atoms with Gasteiger partial charge in [0.15, 0.2) is 0 Å². The maximum atomic E-state index is 14.3. The molecule has 2 rings (SSSR count). The van der Waals surface area contributed by atoms with Gasteiger partial charge < -0.3 is 20.3 Å². The van der Waals surface area contributed by atoms with Crippen LogP contribution in [0.5, 0.6) is 0 Å². The molecular weight excluding hydrogens is 486 g/mol. The van der Waals surface area contributed by atoms with Gasteiger partial charge in [0.05, 0.1) is 0 Å². The van der Waals surface area contributed by atoms with Crippen molar-refractivity contribution in [3.63, 3.8) is 0 Å². The largest absolute Gasteiger partial charge is 0.444 e. The molecule has 4 unspecified atom stereocenters. The van der Waals surface area contributed by atoms with Crippen molar-refractivity contribution >= 4 is 29.7 Å². The SMILES string of the molecule is CCCCCNC(=O)C(c1c(C)cccc1C)N(C(=O)C(CCSC)NC(=O)OC(C)(C)C)C1CC1C. The molecule has 2 N–H and O–H groups in total. The molecule has 1 aliphatic rings. The van der Waals surface area contributed by atoms with Gasteiger partial charge >= 0.3 is 6.09 Å². The summed E-state index contributed by atoms with van der Waals surface area (Å²) in [6.07, 6.45) is 5.63. The number of nitrogens with one attached hydrogen (secondary N) is 2. The standard InChI is InChI=1S/C29H47N3O4S/c1-9-10-11-16-30-26(33)25(24-19(2)13-12-14-20(24)3)32(23-18-21(23)4)27(34)22(15-17-37-8)31-28(35)36-29(5,6)7/h12-14,21-23,25H,9-11,15-18H2,1-8H3,(H,30,33)(H,31,35). The van der Waals surface area contributed by atoms with Crippen LogP contribution in [0.15, 0.2) is 18.2 Å². The zero-order valence-electron chi connectivity index (χ0n) is 24.0. The lowest BCUT2D eigenvalue weighted by Crippen LogP contribution is -2.54. The zero-order valence-corrected chi connectivity index (χ0v) is 24.8. The van der Waals surface area contributed by atoms with Crippen molar-refractivity contribution in [2.75, 3.05) is 18.6 Å². The smallest absolute Gasteiger partial charge is 0.408 e. The fraction of sp³-hybridized carbons (Fsp3) is 0.690. The fourth-order valence-corrected chi connectivity index (χ4v) is 5.10. The molecule has 0 heterocycles. The van der Waals surface area contributed by atoms with E-state index in [0.29, 0.717) is 18.7 Å². The fourth-order valence-electron chi connectivity index (χ4n) is 4.63. The van der Waals surface area contributed by atoms with Gasteiger partial charge in [0.2, 0.25) is 11.8 Å². The van der Waals surface area contributed by atoms with Crippen molar-refractivity contribution < 1.29 is 19.1 Å². The second kappa shape index (κ2) is 14.1. The number of hydrogen-bond acceptors (Lipinski definition) is 5. The number of alkyl carbamates (subject to hydrolysis) is 1. The number of hydrogen-bond donors (Lipinski definition) is 2. The quantitative estimate of drug-likeness (QED) is 0.325. The van der Waals surface area contributed by atoms with Crippen LogP contribution < -0.4 is 10.6 Å². The van der Waals surface area contributed by atoms with E-state index in [2.05, 4.69) is 24.5 Å². The van der Waals surface area contributed by atoms with E-state index in [9.17, 15) is 14.4 Å². The summed E-state index contributed by atoms with van der Waals surface area (Å²) in [4.78, 5) is 42.5. The van der Waals surface area contributed by atoms with Crippen molar-refractivity contribution in [1.82, 2.24) is 15.5 Å². The maximum Gasteiger partial charge on any atom is 0.408 e. The number of carbonyl (C=O) groups is 3. The Hall–Kier alpha value is -2.22. The number of aryl methyl sites for hydroxylation is 2.